The predicted octanol–water partition coefficient (Wildman–Crippen LogP) is 2.00. The van der Waals surface area contributed by atoms with Gasteiger partial charge in [0.15, 0.2) is 0 Å². The molecule has 3 atom stereocenters. The zero-order valence-corrected chi connectivity index (χ0v) is 12.0. The van der Waals surface area contributed by atoms with Crippen LogP contribution in [0.3, 0.4) is 0 Å². The van der Waals surface area contributed by atoms with Gasteiger partial charge in [-0.15, -0.1) is 0 Å². The summed E-state index contributed by atoms with van der Waals surface area (Å²) in [5, 5.41) is 13.2. The van der Waals surface area contributed by atoms with Crippen molar-refractivity contribution >= 4 is 0 Å². The maximum absolute atomic E-state index is 9.66. The number of aliphatic hydroxyl groups excluding tert-OH is 1. The number of nitrogens with zero attached hydrogens (tertiary/aromatic N) is 1. The van der Waals surface area contributed by atoms with E-state index in [-0.39, 0.29) is 12.1 Å². The molecule has 1 aliphatic carbocycles. The van der Waals surface area contributed by atoms with Gasteiger partial charge in [-0.1, -0.05) is 13.8 Å². The van der Waals surface area contributed by atoms with Crippen LogP contribution in [0, 0.1) is 0 Å². The summed E-state index contributed by atoms with van der Waals surface area (Å²) < 4.78 is 0. The van der Waals surface area contributed by atoms with E-state index < -0.39 is 0 Å². The molecule has 0 aromatic heterocycles. The molecule has 0 bridgehead atoms. The van der Waals surface area contributed by atoms with E-state index in [1.807, 2.05) is 0 Å². The van der Waals surface area contributed by atoms with Crippen molar-refractivity contribution in [1.82, 2.24) is 10.2 Å². The molecule has 0 heterocycles. The minimum absolute atomic E-state index is 0.0115. The van der Waals surface area contributed by atoms with Crippen LogP contribution in [0.4, 0.5) is 0 Å². The zero-order valence-electron chi connectivity index (χ0n) is 12.0. The van der Waals surface area contributed by atoms with Gasteiger partial charge in [0.1, 0.15) is 0 Å². The van der Waals surface area contributed by atoms with Crippen molar-refractivity contribution in [3.63, 3.8) is 0 Å². The molecule has 102 valence electrons. The van der Waals surface area contributed by atoms with E-state index in [9.17, 15) is 5.11 Å². The van der Waals surface area contributed by atoms with Crippen molar-refractivity contribution in [2.24, 2.45) is 0 Å². The summed E-state index contributed by atoms with van der Waals surface area (Å²) in [7, 11) is 2.23. The molecule has 0 aliphatic heterocycles. The second kappa shape index (κ2) is 6.72. The van der Waals surface area contributed by atoms with Gasteiger partial charge in [-0.2, -0.15) is 0 Å². The molecule has 3 heteroatoms. The standard InChI is InChI=1S/C14H30N2O/c1-5-9-15-14(11-17)8-7-13(10-14)16(4)12(3)6-2/h12-13,15,17H,5-11H2,1-4H3. The molecule has 0 radical (unpaired) electrons. The second-order valence-electron chi connectivity index (χ2n) is 5.68. The van der Waals surface area contributed by atoms with Gasteiger partial charge in [-0.05, 0) is 52.6 Å². The Morgan fingerprint density at radius 1 is 1.47 bits per heavy atom. The second-order valence-corrected chi connectivity index (χ2v) is 5.68. The summed E-state index contributed by atoms with van der Waals surface area (Å²) in [5.41, 5.74) is -0.0115. The SMILES string of the molecule is CCCNC1(CO)CCC(N(C)C(C)CC)C1. The first-order valence-corrected chi connectivity index (χ1v) is 7.16. The number of rotatable bonds is 7. The summed E-state index contributed by atoms with van der Waals surface area (Å²) >= 11 is 0. The van der Waals surface area contributed by atoms with Crippen LogP contribution in [-0.4, -0.2) is 47.8 Å². The molecule has 0 aromatic rings. The highest BCUT2D eigenvalue weighted by atomic mass is 16.3. The lowest BCUT2D eigenvalue weighted by atomic mass is 9.98. The quantitative estimate of drug-likeness (QED) is 0.717. The number of hydrogen-bond acceptors (Lipinski definition) is 3. The summed E-state index contributed by atoms with van der Waals surface area (Å²) in [5.74, 6) is 0. The fourth-order valence-corrected chi connectivity index (χ4v) is 2.84. The number of nitrogens with one attached hydrogen (secondary N) is 1. The van der Waals surface area contributed by atoms with Crippen LogP contribution >= 0.6 is 0 Å². The van der Waals surface area contributed by atoms with Crippen molar-refractivity contribution in [2.45, 2.75) is 70.5 Å². The van der Waals surface area contributed by atoms with Crippen molar-refractivity contribution in [3.8, 4) is 0 Å². The Balaban J connectivity index is 2.54. The van der Waals surface area contributed by atoms with Gasteiger partial charge in [0, 0.05) is 17.6 Å². The highest BCUT2D eigenvalue weighted by molar-refractivity contribution is 4.99. The maximum atomic E-state index is 9.66. The number of hydrogen-bond donors (Lipinski definition) is 2. The molecule has 17 heavy (non-hydrogen) atoms. The summed E-state index contributed by atoms with van der Waals surface area (Å²) in [4.78, 5) is 2.49. The lowest BCUT2D eigenvalue weighted by Crippen LogP contribution is -2.48. The van der Waals surface area contributed by atoms with Gasteiger partial charge < -0.3 is 15.3 Å². The fourth-order valence-electron chi connectivity index (χ4n) is 2.84. The van der Waals surface area contributed by atoms with E-state index in [0.29, 0.717) is 12.1 Å². The van der Waals surface area contributed by atoms with Crippen molar-refractivity contribution in [3.05, 3.63) is 0 Å². The predicted molar refractivity (Wildman–Crippen MR) is 73.3 cm³/mol. The van der Waals surface area contributed by atoms with Gasteiger partial charge in [0.05, 0.1) is 6.61 Å². The lowest BCUT2D eigenvalue weighted by Gasteiger charge is -2.33. The van der Waals surface area contributed by atoms with Crippen LogP contribution in [0.25, 0.3) is 0 Å². The topological polar surface area (TPSA) is 35.5 Å². The van der Waals surface area contributed by atoms with Crippen LogP contribution in [0.1, 0.15) is 52.9 Å². The summed E-state index contributed by atoms with van der Waals surface area (Å²) in [6.07, 6.45) is 5.73. The average molecular weight is 242 g/mol. The first kappa shape index (κ1) is 14.9. The first-order valence-electron chi connectivity index (χ1n) is 7.16. The molecule has 0 saturated heterocycles. The largest absolute Gasteiger partial charge is 0.394 e. The van der Waals surface area contributed by atoms with E-state index in [4.69, 9.17) is 0 Å². The molecule has 0 amide bonds. The van der Waals surface area contributed by atoms with Crippen molar-refractivity contribution in [2.75, 3.05) is 20.2 Å². The Hall–Kier alpha value is -0.120. The van der Waals surface area contributed by atoms with Crippen LogP contribution in [0.2, 0.25) is 0 Å². The Bertz CT molecular complexity index is 222. The highest BCUT2D eigenvalue weighted by Crippen LogP contribution is 2.33. The molecule has 1 rings (SSSR count). The summed E-state index contributed by atoms with van der Waals surface area (Å²) in [6, 6.07) is 1.27. The molecule has 1 aliphatic rings. The molecule has 3 unspecified atom stereocenters. The minimum atomic E-state index is -0.0115. The normalized spacial score (nSPS) is 31.1. The van der Waals surface area contributed by atoms with Crippen molar-refractivity contribution in [1.29, 1.82) is 0 Å². The monoisotopic (exact) mass is 242 g/mol. The molecule has 1 saturated carbocycles. The average Bonchev–Trinajstić information content (AvgIpc) is 2.79. The van der Waals surface area contributed by atoms with E-state index in [1.54, 1.807) is 0 Å². The molecular weight excluding hydrogens is 212 g/mol. The fraction of sp³-hybridized carbons (Fsp3) is 1.00. The Kier molecular flexibility index (Phi) is 5.90. The molecule has 0 aromatic carbocycles. The molecule has 0 spiro atoms. The molecule has 2 N–H and O–H groups in total. The van der Waals surface area contributed by atoms with E-state index in [0.717, 1.165) is 25.8 Å². The lowest BCUT2D eigenvalue weighted by molar-refractivity contribution is 0.137. The molecular formula is C14H30N2O. The zero-order chi connectivity index (χ0) is 12.9. The van der Waals surface area contributed by atoms with Crippen LogP contribution in [0.5, 0.6) is 0 Å². The Labute approximate surface area is 107 Å². The van der Waals surface area contributed by atoms with Crippen LogP contribution in [0.15, 0.2) is 0 Å². The molecule has 1 fully saturated rings. The number of aliphatic hydroxyl groups is 1. The third-order valence-corrected chi connectivity index (χ3v) is 4.50. The Morgan fingerprint density at radius 2 is 2.18 bits per heavy atom. The van der Waals surface area contributed by atoms with Gasteiger partial charge in [-0.25, -0.2) is 0 Å². The minimum Gasteiger partial charge on any atom is -0.394 e. The smallest absolute Gasteiger partial charge is 0.0613 e. The third-order valence-electron chi connectivity index (χ3n) is 4.50. The third kappa shape index (κ3) is 3.67. The van der Waals surface area contributed by atoms with E-state index in [2.05, 4.69) is 38.0 Å². The first-order chi connectivity index (χ1) is 8.08. The Morgan fingerprint density at radius 3 is 2.71 bits per heavy atom. The summed E-state index contributed by atoms with van der Waals surface area (Å²) in [6.45, 7) is 8.00. The van der Waals surface area contributed by atoms with E-state index in [1.165, 1.54) is 12.8 Å². The van der Waals surface area contributed by atoms with Gasteiger partial charge >= 0.3 is 0 Å². The van der Waals surface area contributed by atoms with Gasteiger partial charge in [0.25, 0.3) is 0 Å². The maximum Gasteiger partial charge on any atom is 0.0613 e. The highest BCUT2D eigenvalue weighted by Gasteiger charge is 2.40. The van der Waals surface area contributed by atoms with Crippen molar-refractivity contribution < 1.29 is 5.11 Å². The van der Waals surface area contributed by atoms with Gasteiger partial charge in [0.2, 0.25) is 0 Å². The van der Waals surface area contributed by atoms with Crippen LogP contribution in [-0.2, 0) is 0 Å². The molecule has 3 nitrogen and oxygen atoms in total. The van der Waals surface area contributed by atoms with Gasteiger partial charge in [-0.3, -0.25) is 0 Å². The van der Waals surface area contributed by atoms with E-state index >= 15 is 0 Å². The van der Waals surface area contributed by atoms with Crippen LogP contribution < -0.4 is 5.32 Å².